The largest absolute Gasteiger partial charge is 0.296 e. The van der Waals surface area contributed by atoms with Gasteiger partial charge < -0.3 is 0 Å². The molecule has 0 amide bonds. The molecular formula is C10H12Br2O3S. The Labute approximate surface area is 113 Å². The van der Waals surface area contributed by atoms with Crippen molar-refractivity contribution in [1.29, 1.82) is 0 Å². The first-order valence-corrected chi connectivity index (χ1v) is 7.90. The zero-order valence-corrected chi connectivity index (χ0v) is 12.7. The minimum atomic E-state index is -3.61. The number of hydrogen-bond donors (Lipinski definition) is 0. The van der Waals surface area contributed by atoms with E-state index in [0.717, 1.165) is 5.56 Å². The maximum absolute atomic E-state index is 11.7. The third kappa shape index (κ3) is 4.53. The first-order chi connectivity index (χ1) is 7.42. The molecule has 0 aliphatic heterocycles. The van der Waals surface area contributed by atoms with Crippen LogP contribution in [-0.2, 0) is 14.3 Å². The van der Waals surface area contributed by atoms with Gasteiger partial charge >= 0.3 is 0 Å². The highest BCUT2D eigenvalue weighted by Gasteiger charge is 2.14. The normalized spacial score (nSPS) is 12.0. The van der Waals surface area contributed by atoms with Crippen molar-refractivity contribution in [3.8, 4) is 0 Å². The molecule has 0 radical (unpaired) electrons. The second-order valence-corrected chi connectivity index (χ2v) is 8.32. The fourth-order valence-corrected chi connectivity index (χ4v) is 2.31. The first-order valence-electron chi connectivity index (χ1n) is 4.66. The Bertz CT molecular complexity index is 426. The molecule has 16 heavy (non-hydrogen) atoms. The Morgan fingerprint density at radius 3 is 2.31 bits per heavy atom. The number of alkyl halides is 2. The van der Waals surface area contributed by atoms with Crippen LogP contribution in [-0.4, -0.2) is 18.8 Å². The smallest absolute Gasteiger partial charge is 0.266 e. The Balaban J connectivity index is 2.67. The van der Waals surface area contributed by atoms with E-state index in [1.165, 1.54) is 0 Å². The van der Waals surface area contributed by atoms with Crippen molar-refractivity contribution in [2.24, 2.45) is 0 Å². The van der Waals surface area contributed by atoms with Crippen molar-refractivity contribution in [1.82, 2.24) is 0 Å². The molecular weight excluding hydrogens is 360 g/mol. The van der Waals surface area contributed by atoms with E-state index in [-0.39, 0.29) is 15.2 Å². The zero-order chi connectivity index (χ0) is 12.2. The van der Waals surface area contributed by atoms with E-state index in [4.69, 9.17) is 4.18 Å². The van der Waals surface area contributed by atoms with Crippen molar-refractivity contribution in [2.45, 2.75) is 22.0 Å². The molecule has 1 rings (SSSR count). The van der Waals surface area contributed by atoms with Crippen molar-refractivity contribution < 1.29 is 12.6 Å². The summed E-state index contributed by atoms with van der Waals surface area (Å²) in [6, 6.07) is 6.58. The molecule has 1 aromatic carbocycles. The molecule has 3 nitrogen and oxygen atoms in total. The predicted molar refractivity (Wildman–Crippen MR) is 70.6 cm³/mol. The number of rotatable bonds is 5. The van der Waals surface area contributed by atoms with Crippen molar-refractivity contribution in [3.05, 3.63) is 29.8 Å². The van der Waals surface area contributed by atoms with Gasteiger partial charge in [0.05, 0.1) is 15.2 Å². The van der Waals surface area contributed by atoms with Crippen LogP contribution in [0.5, 0.6) is 0 Å². The fourth-order valence-electron chi connectivity index (χ4n) is 1.02. The summed E-state index contributed by atoms with van der Waals surface area (Å²) in [5.74, 6) is 0. The Hall–Kier alpha value is 0.0900. The number of hydrogen-bond acceptors (Lipinski definition) is 3. The van der Waals surface area contributed by atoms with Crippen molar-refractivity contribution >= 4 is 42.0 Å². The molecule has 0 heterocycles. The van der Waals surface area contributed by atoms with E-state index >= 15 is 0 Å². The van der Waals surface area contributed by atoms with Gasteiger partial charge in [0.25, 0.3) is 10.1 Å². The molecule has 0 bridgehead atoms. The van der Waals surface area contributed by atoms with Crippen LogP contribution in [0.25, 0.3) is 0 Å². The van der Waals surface area contributed by atoms with E-state index in [0.29, 0.717) is 6.42 Å². The monoisotopic (exact) mass is 370 g/mol. The molecule has 0 spiro atoms. The highest BCUT2D eigenvalue weighted by atomic mass is 79.9. The van der Waals surface area contributed by atoms with Crippen LogP contribution in [0, 0.1) is 6.92 Å². The maximum atomic E-state index is 11.7. The summed E-state index contributed by atoms with van der Waals surface area (Å²) in [4.78, 5) is 0.193. The molecule has 0 saturated carbocycles. The lowest BCUT2D eigenvalue weighted by atomic mass is 10.2. The van der Waals surface area contributed by atoms with Crippen LogP contribution in [0.3, 0.4) is 0 Å². The lowest BCUT2D eigenvalue weighted by Gasteiger charge is -2.06. The average Bonchev–Trinajstić information content (AvgIpc) is 2.17. The summed E-state index contributed by atoms with van der Waals surface area (Å²) in [7, 11) is -3.61. The Kier molecular flexibility index (Phi) is 5.43. The first kappa shape index (κ1) is 14.2. The van der Waals surface area contributed by atoms with Gasteiger partial charge in [-0.25, -0.2) is 0 Å². The molecule has 90 valence electrons. The van der Waals surface area contributed by atoms with E-state index in [2.05, 4.69) is 31.9 Å². The minimum absolute atomic E-state index is 0.0632. The van der Waals surface area contributed by atoms with Gasteiger partial charge in [0.2, 0.25) is 0 Å². The summed E-state index contributed by atoms with van der Waals surface area (Å²) in [6.45, 7) is 2.05. The standard InChI is InChI=1S/C10H12Br2O3S/c1-8-2-4-9(5-3-8)16(13,14)15-7-6-10(11)12/h2-5,10H,6-7H2,1H3. The van der Waals surface area contributed by atoms with E-state index in [1.54, 1.807) is 24.3 Å². The lowest BCUT2D eigenvalue weighted by Crippen LogP contribution is -2.09. The number of halogens is 2. The van der Waals surface area contributed by atoms with Gasteiger partial charge in [-0.15, -0.1) is 0 Å². The molecule has 0 atom stereocenters. The number of benzene rings is 1. The molecule has 6 heteroatoms. The minimum Gasteiger partial charge on any atom is -0.266 e. The summed E-state index contributed by atoms with van der Waals surface area (Å²) < 4.78 is 28.3. The zero-order valence-electron chi connectivity index (χ0n) is 8.69. The highest BCUT2D eigenvalue weighted by molar-refractivity contribution is 9.24. The summed E-state index contributed by atoms with van der Waals surface area (Å²) >= 11 is 6.50. The molecule has 0 aliphatic rings. The highest BCUT2D eigenvalue weighted by Crippen LogP contribution is 2.16. The third-order valence-electron chi connectivity index (χ3n) is 1.88. The SMILES string of the molecule is Cc1ccc(S(=O)(=O)OCCC(Br)Br)cc1. The van der Waals surface area contributed by atoms with E-state index in [1.807, 2.05) is 6.92 Å². The quantitative estimate of drug-likeness (QED) is 0.589. The molecule has 0 fully saturated rings. The molecule has 1 aromatic rings. The van der Waals surface area contributed by atoms with Crippen LogP contribution in [0.2, 0.25) is 0 Å². The van der Waals surface area contributed by atoms with Gasteiger partial charge in [-0.05, 0) is 25.5 Å². The van der Waals surface area contributed by atoms with Crippen molar-refractivity contribution in [2.75, 3.05) is 6.61 Å². The average molecular weight is 372 g/mol. The Morgan fingerprint density at radius 1 is 1.25 bits per heavy atom. The van der Waals surface area contributed by atoms with Crippen molar-refractivity contribution in [3.63, 3.8) is 0 Å². The lowest BCUT2D eigenvalue weighted by molar-refractivity contribution is 0.318. The molecule has 0 unspecified atom stereocenters. The molecule has 0 aliphatic carbocycles. The molecule has 0 aromatic heterocycles. The van der Waals surface area contributed by atoms with Gasteiger partial charge in [-0.1, -0.05) is 49.6 Å². The van der Waals surface area contributed by atoms with Crippen LogP contribution in [0.15, 0.2) is 29.2 Å². The van der Waals surface area contributed by atoms with Gasteiger partial charge in [0.15, 0.2) is 0 Å². The second-order valence-electron chi connectivity index (χ2n) is 3.27. The molecule has 0 N–H and O–H groups in total. The summed E-state index contributed by atoms with van der Waals surface area (Å²) in [6.07, 6.45) is 0.574. The van der Waals surface area contributed by atoms with E-state index in [9.17, 15) is 8.42 Å². The van der Waals surface area contributed by atoms with Gasteiger partial charge in [-0.2, -0.15) is 8.42 Å². The van der Waals surface area contributed by atoms with Crippen LogP contribution in [0.4, 0.5) is 0 Å². The van der Waals surface area contributed by atoms with Gasteiger partial charge in [0, 0.05) is 0 Å². The topological polar surface area (TPSA) is 43.4 Å². The predicted octanol–water partition coefficient (Wildman–Crippen LogP) is 3.21. The maximum Gasteiger partial charge on any atom is 0.296 e. The second kappa shape index (κ2) is 6.14. The van der Waals surface area contributed by atoms with Gasteiger partial charge in [-0.3, -0.25) is 4.18 Å². The summed E-state index contributed by atoms with van der Waals surface area (Å²) in [5.41, 5.74) is 1.01. The number of aryl methyl sites for hydroxylation is 1. The summed E-state index contributed by atoms with van der Waals surface area (Å²) in [5, 5.41) is 0. The van der Waals surface area contributed by atoms with Crippen LogP contribution in [0.1, 0.15) is 12.0 Å². The fraction of sp³-hybridized carbons (Fsp3) is 0.400. The molecule has 0 saturated heterocycles. The van der Waals surface area contributed by atoms with E-state index < -0.39 is 10.1 Å². The van der Waals surface area contributed by atoms with Gasteiger partial charge in [0.1, 0.15) is 0 Å². The third-order valence-corrected chi connectivity index (χ3v) is 4.13. The van der Waals surface area contributed by atoms with Crippen LogP contribution >= 0.6 is 31.9 Å². The van der Waals surface area contributed by atoms with Crippen LogP contribution < -0.4 is 0 Å². The Morgan fingerprint density at radius 2 is 1.81 bits per heavy atom.